The molecule has 2 aromatic carbocycles. The van der Waals surface area contributed by atoms with E-state index in [2.05, 4.69) is 4.98 Å². The normalized spacial score (nSPS) is 11.1. The van der Waals surface area contributed by atoms with Gasteiger partial charge in [-0.3, -0.25) is 4.98 Å². The molecule has 1 heterocycles. The summed E-state index contributed by atoms with van der Waals surface area (Å²) in [6.45, 7) is 0. The van der Waals surface area contributed by atoms with E-state index < -0.39 is 0 Å². The number of halogens is 1. The summed E-state index contributed by atoms with van der Waals surface area (Å²) in [5, 5.41) is 12.9. The van der Waals surface area contributed by atoms with Crippen LogP contribution in [0.1, 0.15) is 0 Å². The fraction of sp³-hybridized carbons (Fsp3) is 0. The molecule has 0 aliphatic rings. The summed E-state index contributed by atoms with van der Waals surface area (Å²) in [4.78, 5) is 4.15. The molecule has 0 atom stereocenters. The number of pyridine rings is 1. The van der Waals surface area contributed by atoms with Gasteiger partial charge >= 0.3 is 0 Å². The van der Waals surface area contributed by atoms with Crippen LogP contribution in [0.3, 0.4) is 0 Å². The number of hydrogen-bond donors (Lipinski definition) is 1. The summed E-state index contributed by atoms with van der Waals surface area (Å²) in [7, 11) is 0. The maximum Gasteiger partial charge on any atom is 0.134 e. The Morgan fingerprint density at radius 2 is 1.88 bits per heavy atom. The lowest BCUT2D eigenvalue weighted by atomic mass is 10.1. The lowest BCUT2D eigenvalue weighted by molar-refractivity contribution is 0.474. The van der Waals surface area contributed by atoms with E-state index in [1.54, 1.807) is 6.07 Å². The smallest absolute Gasteiger partial charge is 0.134 e. The number of hydrogen-bond acceptors (Lipinski definition) is 2. The highest BCUT2D eigenvalue weighted by Gasteiger charge is 2.06. The molecule has 0 unspecified atom stereocenters. The van der Waals surface area contributed by atoms with E-state index in [0.717, 1.165) is 21.7 Å². The molecule has 2 nitrogen and oxygen atoms in total. The van der Waals surface area contributed by atoms with Gasteiger partial charge in [-0.1, -0.05) is 35.9 Å². The largest absolute Gasteiger partial charge is 0.506 e. The number of aromatic nitrogens is 1. The van der Waals surface area contributed by atoms with Gasteiger partial charge in [0.25, 0.3) is 0 Å². The fourth-order valence-corrected chi connectivity index (χ4v) is 2.21. The van der Waals surface area contributed by atoms with E-state index in [1.807, 2.05) is 30.3 Å². The van der Waals surface area contributed by atoms with Gasteiger partial charge in [-0.05, 0) is 17.5 Å². The standard InChI is InChI=1S/C13H8ClNO/c14-12-11-4-2-1-3-8(11)5-9-6-10(16)7-15-13(9)12/h1-7,16H. The second-order valence-corrected chi connectivity index (χ2v) is 4.05. The number of nitrogens with zero attached hydrogens (tertiary/aromatic N) is 1. The summed E-state index contributed by atoms with van der Waals surface area (Å²) >= 11 is 6.28. The molecule has 1 N–H and O–H groups in total. The predicted octanol–water partition coefficient (Wildman–Crippen LogP) is 3.75. The quantitative estimate of drug-likeness (QED) is 0.596. The van der Waals surface area contributed by atoms with Gasteiger partial charge in [0.2, 0.25) is 0 Å². The van der Waals surface area contributed by atoms with Crippen molar-refractivity contribution in [3.63, 3.8) is 0 Å². The molecule has 0 radical (unpaired) electrons. The van der Waals surface area contributed by atoms with Gasteiger partial charge < -0.3 is 5.11 Å². The molecule has 78 valence electrons. The zero-order valence-electron chi connectivity index (χ0n) is 8.31. The summed E-state index contributed by atoms with van der Waals surface area (Å²) in [5.41, 5.74) is 0.721. The van der Waals surface area contributed by atoms with Crippen molar-refractivity contribution >= 4 is 33.3 Å². The molecule has 0 fully saturated rings. The van der Waals surface area contributed by atoms with E-state index in [1.165, 1.54) is 6.20 Å². The SMILES string of the molecule is Oc1cnc2c(Cl)c3ccccc3cc2c1. The minimum atomic E-state index is 0.152. The van der Waals surface area contributed by atoms with Crippen molar-refractivity contribution in [2.45, 2.75) is 0 Å². The van der Waals surface area contributed by atoms with Crippen molar-refractivity contribution in [3.05, 3.63) is 47.6 Å². The summed E-state index contributed by atoms with van der Waals surface area (Å²) < 4.78 is 0. The van der Waals surface area contributed by atoms with Crippen LogP contribution in [0.5, 0.6) is 5.75 Å². The Bertz CT molecular complexity index is 694. The molecule has 0 saturated carbocycles. The Hall–Kier alpha value is -1.80. The van der Waals surface area contributed by atoms with E-state index >= 15 is 0 Å². The summed E-state index contributed by atoms with van der Waals surface area (Å²) in [6.07, 6.45) is 1.41. The van der Waals surface area contributed by atoms with Crippen LogP contribution in [-0.4, -0.2) is 10.1 Å². The van der Waals surface area contributed by atoms with E-state index in [0.29, 0.717) is 5.02 Å². The Balaban J connectivity index is 2.55. The molecular weight excluding hydrogens is 222 g/mol. The Labute approximate surface area is 97.1 Å². The van der Waals surface area contributed by atoms with Gasteiger partial charge in [0, 0.05) is 10.8 Å². The van der Waals surface area contributed by atoms with Crippen LogP contribution in [0, 0.1) is 0 Å². The maximum atomic E-state index is 9.39. The summed E-state index contributed by atoms with van der Waals surface area (Å²) in [6, 6.07) is 11.5. The molecule has 1 aromatic heterocycles. The number of fused-ring (bicyclic) bond motifs is 2. The first kappa shape index (κ1) is 9.43. The maximum absolute atomic E-state index is 9.39. The third-order valence-corrected chi connectivity index (χ3v) is 3.00. The van der Waals surface area contributed by atoms with Crippen molar-refractivity contribution in [2.24, 2.45) is 0 Å². The topological polar surface area (TPSA) is 33.1 Å². The highest BCUT2D eigenvalue weighted by atomic mass is 35.5. The third-order valence-electron chi connectivity index (χ3n) is 2.62. The van der Waals surface area contributed by atoms with E-state index in [-0.39, 0.29) is 5.75 Å². The van der Waals surface area contributed by atoms with E-state index in [4.69, 9.17) is 11.6 Å². The molecular formula is C13H8ClNO. The lowest BCUT2D eigenvalue weighted by Gasteiger charge is -2.05. The zero-order chi connectivity index (χ0) is 11.1. The predicted molar refractivity (Wildman–Crippen MR) is 65.9 cm³/mol. The van der Waals surface area contributed by atoms with Crippen LogP contribution in [0.15, 0.2) is 42.6 Å². The van der Waals surface area contributed by atoms with Crippen LogP contribution in [-0.2, 0) is 0 Å². The summed E-state index contributed by atoms with van der Waals surface area (Å²) in [5.74, 6) is 0.152. The first-order valence-corrected chi connectivity index (χ1v) is 5.29. The van der Waals surface area contributed by atoms with Gasteiger partial charge in [-0.15, -0.1) is 0 Å². The molecule has 0 amide bonds. The highest BCUT2D eigenvalue weighted by Crippen LogP contribution is 2.32. The van der Waals surface area contributed by atoms with Crippen molar-refractivity contribution in [1.82, 2.24) is 4.98 Å². The average molecular weight is 230 g/mol. The van der Waals surface area contributed by atoms with Crippen molar-refractivity contribution < 1.29 is 5.11 Å². The Morgan fingerprint density at radius 1 is 1.06 bits per heavy atom. The molecule has 0 bridgehead atoms. The molecule has 0 saturated heterocycles. The van der Waals surface area contributed by atoms with E-state index in [9.17, 15) is 5.11 Å². The first-order chi connectivity index (χ1) is 7.75. The van der Waals surface area contributed by atoms with Crippen LogP contribution in [0.25, 0.3) is 21.7 Å². The van der Waals surface area contributed by atoms with Crippen molar-refractivity contribution in [3.8, 4) is 5.75 Å². The molecule has 3 rings (SSSR count). The minimum Gasteiger partial charge on any atom is -0.506 e. The van der Waals surface area contributed by atoms with Crippen molar-refractivity contribution in [1.29, 1.82) is 0 Å². The van der Waals surface area contributed by atoms with Gasteiger partial charge in [0.05, 0.1) is 16.7 Å². The minimum absolute atomic E-state index is 0.152. The zero-order valence-corrected chi connectivity index (χ0v) is 9.07. The number of aromatic hydroxyl groups is 1. The van der Waals surface area contributed by atoms with Gasteiger partial charge in [-0.25, -0.2) is 0 Å². The van der Waals surface area contributed by atoms with Gasteiger partial charge in [-0.2, -0.15) is 0 Å². The average Bonchev–Trinajstić information content (AvgIpc) is 2.29. The number of rotatable bonds is 0. The monoisotopic (exact) mass is 229 g/mol. The molecule has 16 heavy (non-hydrogen) atoms. The van der Waals surface area contributed by atoms with Crippen molar-refractivity contribution in [2.75, 3.05) is 0 Å². The first-order valence-electron chi connectivity index (χ1n) is 4.92. The fourth-order valence-electron chi connectivity index (χ4n) is 1.88. The van der Waals surface area contributed by atoms with Crippen LogP contribution < -0.4 is 0 Å². The highest BCUT2D eigenvalue weighted by molar-refractivity contribution is 6.40. The Morgan fingerprint density at radius 3 is 2.75 bits per heavy atom. The second kappa shape index (κ2) is 3.35. The molecule has 0 aliphatic heterocycles. The van der Waals surface area contributed by atoms with Gasteiger partial charge in [0.15, 0.2) is 0 Å². The Kier molecular flexibility index (Phi) is 1.98. The van der Waals surface area contributed by atoms with Crippen LogP contribution >= 0.6 is 11.6 Å². The molecule has 3 heteroatoms. The van der Waals surface area contributed by atoms with Gasteiger partial charge in [0.1, 0.15) is 5.75 Å². The molecule has 0 aliphatic carbocycles. The lowest BCUT2D eigenvalue weighted by Crippen LogP contribution is -1.82. The second-order valence-electron chi connectivity index (χ2n) is 3.68. The third kappa shape index (κ3) is 1.31. The molecule has 0 spiro atoms. The molecule has 3 aromatic rings. The van der Waals surface area contributed by atoms with Crippen LogP contribution in [0.4, 0.5) is 0 Å². The van der Waals surface area contributed by atoms with Crippen LogP contribution in [0.2, 0.25) is 5.02 Å². The number of benzene rings is 2.